The predicted molar refractivity (Wildman–Crippen MR) is 89.2 cm³/mol. The molecule has 116 valence electrons. The van der Waals surface area contributed by atoms with Gasteiger partial charge in [-0.05, 0) is 41.8 Å². The van der Waals surface area contributed by atoms with E-state index in [1.165, 1.54) is 0 Å². The Balaban J connectivity index is 1.84. The molecule has 0 aliphatic rings. The van der Waals surface area contributed by atoms with E-state index in [-0.39, 0.29) is 5.91 Å². The quantitative estimate of drug-likeness (QED) is 0.807. The number of methoxy groups -OCH3 is 1. The van der Waals surface area contributed by atoms with Gasteiger partial charge in [0.25, 0.3) is 0 Å². The normalized spacial score (nSPS) is 10.3. The first-order valence-electron chi connectivity index (χ1n) is 7.20. The molecule has 2 aromatic carbocycles. The summed E-state index contributed by atoms with van der Waals surface area (Å²) in [6.45, 7) is 0.596. The first-order chi connectivity index (χ1) is 10.6. The van der Waals surface area contributed by atoms with Gasteiger partial charge in [-0.3, -0.25) is 4.79 Å². The molecule has 0 aliphatic carbocycles. The van der Waals surface area contributed by atoms with Gasteiger partial charge in [-0.2, -0.15) is 0 Å². The second kappa shape index (κ2) is 7.85. The molecule has 2 aromatic rings. The zero-order valence-corrected chi connectivity index (χ0v) is 13.6. The lowest BCUT2D eigenvalue weighted by molar-refractivity contribution is -0.130. The van der Waals surface area contributed by atoms with Crippen molar-refractivity contribution in [3.05, 3.63) is 64.7 Å². The fourth-order valence-corrected chi connectivity index (χ4v) is 2.31. The van der Waals surface area contributed by atoms with Crippen molar-refractivity contribution in [1.29, 1.82) is 0 Å². The highest BCUT2D eigenvalue weighted by molar-refractivity contribution is 6.30. The molecule has 2 rings (SSSR count). The van der Waals surface area contributed by atoms with Crippen LogP contribution in [0.25, 0.3) is 0 Å². The molecule has 0 fully saturated rings. The summed E-state index contributed by atoms with van der Waals surface area (Å²) < 4.78 is 5.12. The van der Waals surface area contributed by atoms with E-state index in [1.807, 2.05) is 55.6 Å². The van der Waals surface area contributed by atoms with Gasteiger partial charge in [0.05, 0.1) is 7.11 Å². The van der Waals surface area contributed by atoms with Gasteiger partial charge in [0, 0.05) is 25.0 Å². The maximum absolute atomic E-state index is 12.2. The van der Waals surface area contributed by atoms with Gasteiger partial charge in [-0.1, -0.05) is 35.9 Å². The van der Waals surface area contributed by atoms with Crippen LogP contribution in [0.15, 0.2) is 48.5 Å². The van der Waals surface area contributed by atoms with Gasteiger partial charge in [0.2, 0.25) is 5.91 Å². The summed E-state index contributed by atoms with van der Waals surface area (Å²) in [7, 11) is 3.47. The Kier molecular flexibility index (Phi) is 5.84. The average Bonchev–Trinajstić information content (AvgIpc) is 2.55. The Hall–Kier alpha value is -2.00. The number of amides is 1. The number of nitrogens with zero attached hydrogens (tertiary/aromatic N) is 1. The number of aryl methyl sites for hydroxylation is 1. The summed E-state index contributed by atoms with van der Waals surface area (Å²) in [5.41, 5.74) is 2.21. The molecule has 3 nitrogen and oxygen atoms in total. The zero-order chi connectivity index (χ0) is 15.9. The lowest BCUT2D eigenvalue weighted by Crippen LogP contribution is -2.26. The number of carbonyl (C=O) groups is 1. The van der Waals surface area contributed by atoms with Gasteiger partial charge in [-0.15, -0.1) is 0 Å². The minimum Gasteiger partial charge on any atom is -0.497 e. The van der Waals surface area contributed by atoms with Crippen molar-refractivity contribution in [3.63, 3.8) is 0 Å². The average molecular weight is 318 g/mol. The molecule has 0 unspecified atom stereocenters. The molecule has 4 heteroatoms. The van der Waals surface area contributed by atoms with E-state index in [2.05, 4.69) is 0 Å². The summed E-state index contributed by atoms with van der Waals surface area (Å²) in [4.78, 5) is 13.9. The van der Waals surface area contributed by atoms with Crippen molar-refractivity contribution in [1.82, 2.24) is 4.90 Å². The second-order valence-corrected chi connectivity index (χ2v) is 5.66. The van der Waals surface area contributed by atoms with E-state index in [0.29, 0.717) is 18.0 Å². The molecule has 0 heterocycles. The summed E-state index contributed by atoms with van der Waals surface area (Å²) in [6.07, 6.45) is 1.23. The SMILES string of the molecule is COc1ccc(CCC(=O)N(C)Cc2ccc(Cl)cc2)cc1. The molecule has 0 radical (unpaired) electrons. The molecule has 22 heavy (non-hydrogen) atoms. The maximum Gasteiger partial charge on any atom is 0.222 e. The number of ether oxygens (including phenoxy) is 1. The van der Waals surface area contributed by atoms with E-state index >= 15 is 0 Å². The van der Waals surface area contributed by atoms with Crippen LogP contribution in [-0.4, -0.2) is 25.0 Å². The molecule has 1 amide bonds. The molecule has 0 aromatic heterocycles. The van der Waals surface area contributed by atoms with E-state index in [0.717, 1.165) is 23.3 Å². The molecule has 0 bridgehead atoms. The number of benzene rings is 2. The van der Waals surface area contributed by atoms with Crippen LogP contribution in [0.1, 0.15) is 17.5 Å². The highest BCUT2D eigenvalue weighted by Crippen LogP contribution is 2.14. The van der Waals surface area contributed by atoms with Crippen molar-refractivity contribution in [2.75, 3.05) is 14.2 Å². The van der Waals surface area contributed by atoms with Crippen LogP contribution in [0.4, 0.5) is 0 Å². The monoisotopic (exact) mass is 317 g/mol. The van der Waals surface area contributed by atoms with E-state index in [1.54, 1.807) is 12.0 Å². The number of halogens is 1. The molecule has 0 saturated carbocycles. The zero-order valence-electron chi connectivity index (χ0n) is 12.9. The van der Waals surface area contributed by atoms with Crippen molar-refractivity contribution in [2.45, 2.75) is 19.4 Å². The Labute approximate surface area is 136 Å². The largest absolute Gasteiger partial charge is 0.497 e. The number of hydrogen-bond donors (Lipinski definition) is 0. The minimum atomic E-state index is 0.130. The van der Waals surface area contributed by atoms with Crippen molar-refractivity contribution in [3.8, 4) is 5.75 Å². The molecule has 0 spiro atoms. The van der Waals surface area contributed by atoms with E-state index < -0.39 is 0 Å². The van der Waals surface area contributed by atoms with Gasteiger partial charge < -0.3 is 9.64 Å². The van der Waals surface area contributed by atoms with Crippen LogP contribution < -0.4 is 4.74 Å². The van der Waals surface area contributed by atoms with Crippen LogP contribution in [-0.2, 0) is 17.8 Å². The molecule has 0 saturated heterocycles. The van der Waals surface area contributed by atoms with Crippen LogP contribution in [0.3, 0.4) is 0 Å². The Morgan fingerprint density at radius 3 is 2.23 bits per heavy atom. The molecular weight excluding hydrogens is 298 g/mol. The summed E-state index contributed by atoms with van der Waals surface area (Å²) in [5, 5.41) is 0.706. The minimum absolute atomic E-state index is 0.130. The number of rotatable bonds is 6. The first-order valence-corrected chi connectivity index (χ1v) is 7.57. The van der Waals surface area contributed by atoms with Crippen molar-refractivity contribution < 1.29 is 9.53 Å². The third-order valence-corrected chi connectivity index (χ3v) is 3.80. The lowest BCUT2D eigenvalue weighted by atomic mass is 10.1. The van der Waals surface area contributed by atoms with Gasteiger partial charge in [0.1, 0.15) is 5.75 Å². The maximum atomic E-state index is 12.2. The molecule has 0 atom stereocenters. The Bertz CT molecular complexity index is 608. The lowest BCUT2D eigenvalue weighted by Gasteiger charge is -2.17. The standard InChI is InChI=1S/C18H20ClNO2/c1-20(13-15-3-8-16(19)9-4-15)18(21)12-7-14-5-10-17(22-2)11-6-14/h3-6,8-11H,7,12-13H2,1-2H3. The predicted octanol–water partition coefficient (Wildman–Crippen LogP) is 3.94. The van der Waals surface area contributed by atoms with Crippen LogP contribution in [0.2, 0.25) is 5.02 Å². The van der Waals surface area contributed by atoms with Crippen LogP contribution >= 0.6 is 11.6 Å². The van der Waals surface area contributed by atoms with Crippen molar-refractivity contribution in [2.24, 2.45) is 0 Å². The Morgan fingerprint density at radius 2 is 1.64 bits per heavy atom. The smallest absolute Gasteiger partial charge is 0.222 e. The van der Waals surface area contributed by atoms with Gasteiger partial charge >= 0.3 is 0 Å². The second-order valence-electron chi connectivity index (χ2n) is 5.22. The summed E-state index contributed by atoms with van der Waals surface area (Å²) in [6, 6.07) is 15.4. The third-order valence-electron chi connectivity index (χ3n) is 3.55. The molecule has 0 N–H and O–H groups in total. The molecular formula is C18H20ClNO2. The van der Waals surface area contributed by atoms with Gasteiger partial charge in [0.15, 0.2) is 0 Å². The topological polar surface area (TPSA) is 29.5 Å². The van der Waals surface area contributed by atoms with Crippen molar-refractivity contribution >= 4 is 17.5 Å². The highest BCUT2D eigenvalue weighted by Gasteiger charge is 2.09. The number of carbonyl (C=O) groups excluding carboxylic acids is 1. The fraction of sp³-hybridized carbons (Fsp3) is 0.278. The Morgan fingerprint density at radius 1 is 1.05 bits per heavy atom. The fourth-order valence-electron chi connectivity index (χ4n) is 2.19. The van der Waals surface area contributed by atoms with E-state index in [9.17, 15) is 4.79 Å². The van der Waals surface area contributed by atoms with Crippen LogP contribution in [0.5, 0.6) is 5.75 Å². The third kappa shape index (κ3) is 4.78. The summed E-state index contributed by atoms with van der Waals surface area (Å²) >= 11 is 5.86. The van der Waals surface area contributed by atoms with Crippen LogP contribution in [0, 0.1) is 0 Å². The first kappa shape index (κ1) is 16.4. The summed E-state index contributed by atoms with van der Waals surface area (Å²) in [5.74, 6) is 0.959. The van der Waals surface area contributed by atoms with E-state index in [4.69, 9.17) is 16.3 Å². The molecule has 0 aliphatic heterocycles. The van der Waals surface area contributed by atoms with Gasteiger partial charge in [-0.25, -0.2) is 0 Å². The number of hydrogen-bond acceptors (Lipinski definition) is 2. The highest BCUT2D eigenvalue weighted by atomic mass is 35.5.